The molecule has 0 radical (unpaired) electrons. The normalized spacial score (nSPS) is 12.7. The van der Waals surface area contributed by atoms with Crippen LogP contribution in [0.25, 0.3) is 0 Å². The van der Waals surface area contributed by atoms with Gasteiger partial charge < -0.3 is 14.2 Å². The fraction of sp³-hybridized carbons (Fsp3) is 0.707. The summed E-state index contributed by atoms with van der Waals surface area (Å²) in [4.78, 5) is 37.8. The summed E-state index contributed by atoms with van der Waals surface area (Å²) in [6.45, 7) is 6.47. The highest BCUT2D eigenvalue weighted by Crippen LogP contribution is 2.14. The fourth-order valence-electron chi connectivity index (χ4n) is 7.19. The molecule has 0 aliphatic heterocycles. The van der Waals surface area contributed by atoms with Crippen molar-refractivity contribution in [3.8, 4) is 0 Å². The van der Waals surface area contributed by atoms with E-state index >= 15 is 0 Å². The minimum Gasteiger partial charge on any atom is -0.462 e. The summed E-state index contributed by atoms with van der Waals surface area (Å²) >= 11 is 0. The van der Waals surface area contributed by atoms with E-state index in [1.807, 2.05) is 0 Å². The number of rotatable bonds is 47. The Bertz CT molecular complexity index is 1250. The van der Waals surface area contributed by atoms with Crippen molar-refractivity contribution in [3.63, 3.8) is 0 Å². The van der Waals surface area contributed by atoms with E-state index < -0.39 is 6.10 Å². The van der Waals surface area contributed by atoms with Crippen LogP contribution < -0.4 is 0 Å². The van der Waals surface area contributed by atoms with E-state index in [0.29, 0.717) is 19.3 Å². The maximum atomic E-state index is 12.7. The first kappa shape index (κ1) is 60.6. The predicted molar refractivity (Wildman–Crippen MR) is 274 cm³/mol. The van der Waals surface area contributed by atoms with E-state index in [4.69, 9.17) is 14.2 Å². The molecular weight excluding hydrogens is 793 g/mol. The largest absolute Gasteiger partial charge is 0.462 e. The Morgan fingerprint density at radius 3 is 0.953 bits per heavy atom. The van der Waals surface area contributed by atoms with Gasteiger partial charge in [-0.1, -0.05) is 234 Å². The van der Waals surface area contributed by atoms with Crippen LogP contribution in [-0.2, 0) is 28.6 Å². The number of allylic oxidation sites excluding steroid dienone is 14. The third-order valence-corrected chi connectivity index (χ3v) is 11.2. The summed E-state index contributed by atoms with van der Waals surface area (Å²) in [6.07, 6.45) is 67.3. The summed E-state index contributed by atoms with van der Waals surface area (Å²) in [5.41, 5.74) is 0. The van der Waals surface area contributed by atoms with Crippen LogP contribution in [0, 0.1) is 0 Å². The molecule has 6 heteroatoms. The van der Waals surface area contributed by atoms with Gasteiger partial charge in [0.2, 0.25) is 0 Å². The minimum absolute atomic E-state index is 0.0804. The average Bonchev–Trinajstić information content (AvgIpc) is 3.29. The zero-order valence-corrected chi connectivity index (χ0v) is 41.8. The van der Waals surface area contributed by atoms with E-state index in [0.717, 1.165) is 122 Å². The van der Waals surface area contributed by atoms with Gasteiger partial charge in [0.1, 0.15) is 13.2 Å². The zero-order valence-electron chi connectivity index (χ0n) is 41.8. The maximum absolute atomic E-state index is 12.7. The van der Waals surface area contributed by atoms with E-state index in [1.165, 1.54) is 83.5 Å². The third-order valence-electron chi connectivity index (χ3n) is 11.2. The van der Waals surface area contributed by atoms with Crippen LogP contribution in [0.15, 0.2) is 85.1 Å². The van der Waals surface area contributed by atoms with Crippen molar-refractivity contribution in [1.82, 2.24) is 0 Å². The number of carbonyl (C=O) groups excluding carboxylic acids is 3. The number of ether oxygens (including phenoxy) is 3. The van der Waals surface area contributed by atoms with Crippen molar-refractivity contribution in [2.75, 3.05) is 13.2 Å². The lowest BCUT2D eigenvalue weighted by Gasteiger charge is -2.18. The summed E-state index contributed by atoms with van der Waals surface area (Å²) < 4.78 is 16.7. The number of hydrogen-bond acceptors (Lipinski definition) is 6. The van der Waals surface area contributed by atoms with Gasteiger partial charge in [-0.2, -0.15) is 0 Å². The van der Waals surface area contributed by atoms with E-state index in [1.54, 1.807) is 0 Å². The SMILES string of the molecule is CC/C=C\C/C=C\C/C=C\C/C=C\C/C=C\C/C=C\C/C=C\CCCCCCCC(=O)OCC(COC(=O)CCCCCCCCCC)OC(=O)CCCCCCCCCCCCC. The molecule has 0 spiro atoms. The second kappa shape index (κ2) is 52.2. The van der Waals surface area contributed by atoms with Crippen molar-refractivity contribution in [3.05, 3.63) is 85.1 Å². The molecule has 0 aliphatic carbocycles. The van der Waals surface area contributed by atoms with Gasteiger partial charge in [0.15, 0.2) is 6.10 Å². The predicted octanol–water partition coefficient (Wildman–Crippen LogP) is 17.6. The molecule has 0 N–H and O–H groups in total. The molecule has 0 aromatic rings. The molecule has 0 aromatic carbocycles. The van der Waals surface area contributed by atoms with Crippen LogP contribution in [0.2, 0.25) is 0 Å². The monoisotopic (exact) mass is 891 g/mol. The van der Waals surface area contributed by atoms with Crippen molar-refractivity contribution in [2.45, 2.75) is 252 Å². The molecule has 0 rings (SSSR count). The van der Waals surface area contributed by atoms with Gasteiger partial charge in [0.05, 0.1) is 0 Å². The molecule has 0 saturated heterocycles. The first-order chi connectivity index (χ1) is 31.5. The van der Waals surface area contributed by atoms with Gasteiger partial charge in [-0.15, -0.1) is 0 Å². The Hall–Kier alpha value is -3.41. The first-order valence-corrected chi connectivity index (χ1v) is 26.6. The molecule has 0 saturated carbocycles. The molecule has 0 bridgehead atoms. The number of hydrogen-bond donors (Lipinski definition) is 0. The molecule has 0 amide bonds. The maximum Gasteiger partial charge on any atom is 0.306 e. The van der Waals surface area contributed by atoms with Crippen LogP contribution in [0.5, 0.6) is 0 Å². The van der Waals surface area contributed by atoms with Gasteiger partial charge in [-0.05, 0) is 77.0 Å². The third kappa shape index (κ3) is 49.6. The summed E-state index contributed by atoms with van der Waals surface area (Å²) in [6, 6.07) is 0. The van der Waals surface area contributed by atoms with Crippen LogP contribution in [0.3, 0.4) is 0 Å². The molecule has 64 heavy (non-hydrogen) atoms. The smallest absolute Gasteiger partial charge is 0.306 e. The van der Waals surface area contributed by atoms with Crippen molar-refractivity contribution < 1.29 is 28.6 Å². The van der Waals surface area contributed by atoms with Gasteiger partial charge in [-0.25, -0.2) is 0 Å². The van der Waals surface area contributed by atoms with Crippen LogP contribution in [0.1, 0.15) is 245 Å². The molecule has 1 atom stereocenters. The Morgan fingerprint density at radius 1 is 0.328 bits per heavy atom. The van der Waals surface area contributed by atoms with E-state index in [9.17, 15) is 14.4 Å². The lowest BCUT2D eigenvalue weighted by molar-refractivity contribution is -0.167. The Balaban J connectivity index is 4.23. The Labute approximate surface area is 395 Å². The highest BCUT2D eigenvalue weighted by molar-refractivity contribution is 5.71. The summed E-state index contributed by atoms with van der Waals surface area (Å²) in [7, 11) is 0. The molecular formula is C58H98O6. The highest BCUT2D eigenvalue weighted by atomic mass is 16.6. The minimum atomic E-state index is -0.779. The lowest BCUT2D eigenvalue weighted by atomic mass is 10.1. The summed E-state index contributed by atoms with van der Waals surface area (Å²) in [5, 5.41) is 0. The van der Waals surface area contributed by atoms with Crippen molar-refractivity contribution in [2.24, 2.45) is 0 Å². The quantitative estimate of drug-likeness (QED) is 0.0262. The Morgan fingerprint density at radius 2 is 0.609 bits per heavy atom. The second-order valence-corrected chi connectivity index (χ2v) is 17.4. The number of esters is 3. The molecule has 0 aromatic heterocycles. The van der Waals surface area contributed by atoms with Gasteiger partial charge in [0, 0.05) is 19.3 Å². The molecule has 0 heterocycles. The molecule has 1 unspecified atom stereocenters. The van der Waals surface area contributed by atoms with Crippen LogP contribution in [-0.4, -0.2) is 37.2 Å². The molecule has 6 nitrogen and oxygen atoms in total. The second-order valence-electron chi connectivity index (χ2n) is 17.4. The van der Waals surface area contributed by atoms with Crippen molar-refractivity contribution >= 4 is 17.9 Å². The lowest BCUT2D eigenvalue weighted by Crippen LogP contribution is -2.30. The highest BCUT2D eigenvalue weighted by Gasteiger charge is 2.19. The van der Waals surface area contributed by atoms with Crippen LogP contribution in [0.4, 0.5) is 0 Å². The molecule has 0 fully saturated rings. The van der Waals surface area contributed by atoms with E-state index in [-0.39, 0.29) is 31.1 Å². The summed E-state index contributed by atoms with van der Waals surface area (Å²) in [5.74, 6) is -0.905. The van der Waals surface area contributed by atoms with E-state index in [2.05, 4.69) is 106 Å². The molecule has 0 aliphatic rings. The van der Waals surface area contributed by atoms with Gasteiger partial charge >= 0.3 is 17.9 Å². The van der Waals surface area contributed by atoms with Gasteiger partial charge in [0.25, 0.3) is 0 Å². The first-order valence-electron chi connectivity index (χ1n) is 26.6. The topological polar surface area (TPSA) is 78.9 Å². The van der Waals surface area contributed by atoms with Gasteiger partial charge in [-0.3, -0.25) is 14.4 Å². The number of carbonyl (C=O) groups is 3. The average molecular weight is 891 g/mol. The number of unbranched alkanes of at least 4 members (excludes halogenated alkanes) is 22. The Kier molecular flexibility index (Phi) is 49.4. The molecule has 366 valence electrons. The fourth-order valence-corrected chi connectivity index (χ4v) is 7.19. The van der Waals surface area contributed by atoms with Crippen molar-refractivity contribution in [1.29, 1.82) is 0 Å². The standard InChI is InChI=1S/C58H98O6/c1-4-7-10-13-16-19-21-22-23-24-25-26-27-28-29-30-31-32-33-34-35-36-38-39-42-45-48-51-57(60)63-54-55(53-62-56(59)50-47-44-41-18-15-12-9-6-3)64-58(61)52-49-46-43-40-37-20-17-14-11-8-5-2/h7,10,16,19,22-23,25-26,28-29,31-32,34-35,55H,4-6,8-9,11-15,17-18,20-21,24,27,30,33,36-54H2,1-3H3/b10-7-,19-16-,23-22-,26-25-,29-28-,32-31-,35-34-. The van der Waals surface area contributed by atoms with Crippen LogP contribution >= 0.6 is 0 Å². The zero-order chi connectivity index (χ0) is 46.5.